The molecule has 1 aliphatic carbocycles. The van der Waals surface area contributed by atoms with E-state index in [1.807, 2.05) is 0 Å². The summed E-state index contributed by atoms with van der Waals surface area (Å²) < 4.78 is 11.4. The molecule has 0 radical (unpaired) electrons. The first-order valence-electron chi connectivity index (χ1n) is 24.2. The van der Waals surface area contributed by atoms with Crippen LogP contribution in [-0.4, -0.2) is 9.13 Å². The summed E-state index contributed by atoms with van der Waals surface area (Å²) in [6, 6.07) is 93.5. The van der Waals surface area contributed by atoms with Gasteiger partial charge < -0.3 is 13.6 Å². The minimum Gasteiger partial charge on any atom is -0.456 e. The number of nitrogens with zero attached hydrogens (tertiary/aromatic N) is 2. The van der Waals surface area contributed by atoms with Gasteiger partial charge in [0.25, 0.3) is 0 Å². The Morgan fingerprint density at radius 1 is 0.286 bits per heavy atom. The van der Waals surface area contributed by atoms with Crippen LogP contribution in [0.2, 0.25) is 0 Å². The van der Waals surface area contributed by atoms with E-state index in [0.29, 0.717) is 0 Å². The van der Waals surface area contributed by atoms with Gasteiger partial charge in [0.1, 0.15) is 11.2 Å². The standard InChI is InChI=1S/C67H42N2O/c1-4-17-46(18-5-1)67(47-19-6-2-7-20-47)58-27-13-10-25-53(58)66-50(26-16-28-59(66)67)45-33-37-64-56(41-45)57-42-49(34-38-65(57)70-64)69-61-30-15-12-24-52(61)55-40-44(32-36-63(55)69)43-31-35-62-54(39-43)51-23-11-14-29-60(51)68(62)48-21-8-3-9-22-48/h1-42H. The van der Waals surface area contributed by atoms with Crippen LogP contribution in [-0.2, 0) is 5.41 Å². The lowest BCUT2D eigenvalue weighted by atomic mass is 9.67. The molecule has 1 aliphatic rings. The van der Waals surface area contributed by atoms with Crippen LogP contribution in [0.25, 0.3) is 110 Å². The van der Waals surface area contributed by atoms with E-state index in [1.165, 1.54) is 93.7 Å². The van der Waals surface area contributed by atoms with Crippen LogP contribution in [0.3, 0.4) is 0 Å². The van der Waals surface area contributed by atoms with Gasteiger partial charge in [-0.2, -0.15) is 0 Å². The van der Waals surface area contributed by atoms with Crippen LogP contribution >= 0.6 is 0 Å². The van der Waals surface area contributed by atoms with Gasteiger partial charge in [-0.15, -0.1) is 0 Å². The molecule has 0 unspecified atom stereocenters. The van der Waals surface area contributed by atoms with Crippen molar-refractivity contribution in [3.63, 3.8) is 0 Å². The molecule has 0 spiro atoms. The first-order chi connectivity index (χ1) is 34.7. The van der Waals surface area contributed by atoms with Crippen molar-refractivity contribution < 1.29 is 4.42 Å². The largest absolute Gasteiger partial charge is 0.456 e. The van der Waals surface area contributed by atoms with Gasteiger partial charge in [-0.25, -0.2) is 0 Å². The zero-order chi connectivity index (χ0) is 45.9. The van der Waals surface area contributed by atoms with Crippen molar-refractivity contribution in [2.24, 2.45) is 0 Å². The highest BCUT2D eigenvalue weighted by molar-refractivity contribution is 6.14. The summed E-state index contributed by atoms with van der Waals surface area (Å²) in [6.07, 6.45) is 0. The smallest absolute Gasteiger partial charge is 0.135 e. The van der Waals surface area contributed by atoms with E-state index in [1.54, 1.807) is 0 Å². The highest BCUT2D eigenvalue weighted by Crippen LogP contribution is 2.58. The number of hydrogen-bond donors (Lipinski definition) is 0. The van der Waals surface area contributed by atoms with Crippen molar-refractivity contribution in [1.29, 1.82) is 0 Å². The Hall–Kier alpha value is -9.18. The van der Waals surface area contributed by atoms with E-state index < -0.39 is 5.41 Å². The van der Waals surface area contributed by atoms with E-state index in [-0.39, 0.29) is 0 Å². The van der Waals surface area contributed by atoms with Crippen molar-refractivity contribution in [2.75, 3.05) is 0 Å². The second kappa shape index (κ2) is 14.9. The Balaban J connectivity index is 0.874. The number of rotatable bonds is 6. The SMILES string of the molecule is c1ccc(-n2c3ccccc3c3cc(-c4ccc5c(c4)c4ccccc4n5-c4ccc5oc6ccc(-c7cccc8c7-c7ccccc7C8(c7ccccc7)c7ccccc7)cc6c5c4)ccc32)cc1. The second-order valence-corrected chi connectivity index (χ2v) is 18.8. The van der Waals surface area contributed by atoms with Gasteiger partial charge in [0, 0.05) is 43.7 Å². The average Bonchev–Trinajstić information content (AvgIpc) is 4.16. The lowest BCUT2D eigenvalue weighted by molar-refractivity contribution is 0.669. The van der Waals surface area contributed by atoms with Gasteiger partial charge in [0.15, 0.2) is 0 Å². The van der Waals surface area contributed by atoms with Crippen molar-refractivity contribution in [3.8, 4) is 44.8 Å². The van der Waals surface area contributed by atoms with Gasteiger partial charge in [-0.1, -0.05) is 176 Å². The minimum absolute atomic E-state index is 0.466. The highest BCUT2D eigenvalue weighted by atomic mass is 16.3. The lowest BCUT2D eigenvalue weighted by Crippen LogP contribution is -2.28. The molecule has 3 aromatic heterocycles. The van der Waals surface area contributed by atoms with Crippen LogP contribution in [0.5, 0.6) is 0 Å². The first-order valence-corrected chi connectivity index (χ1v) is 24.2. The molecule has 70 heavy (non-hydrogen) atoms. The third kappa shape index (κ3) is 5.46. The molecule has 326 valence electrons. The van der Waals surface area contributed by atoms with E-state index in [2.05, 4.69) is 264 Å². The predicted octanol–water partition coefficient (Wildman–Crippen LogP) is 17.5. The summed E-state index contributed by atoms with van der Waals surface area (Å²) in [5.74, 6) is 0. The molecule has 0 N–H and O–H groups in total. The predicted molar refractivity (Wildman–Crippen MR) is 291 cm³/mol. The maximum absolute atomic E-state index is 6.63. The Labute approximate surface area is 404 Å². The van der Waals surface area contributed by atoms with E-state index in [0.717, 1.165) is 38.9 Å². The van der Waals surface area contributed by atoms with Crippen molar-refractivity contribution in [2.45, 2.75) is 5.41 Å². The Kier molecular flexibility index (Phi) is 8.28. The lowest BCUT2D eigenvalue weighted by Gasteiger charge is -2.34. The molecule has 15 rings (SSSR count). The number of aromatic nitrogens is 2. The zero-order valence-corrected chi connectivity index (χ0v) is 38.1. The molecule has 0 fully saturated rings. The summed E-state index contributed by atoms with van der Waals surface area (Å²) >= 11 is 0. The van der Waals surface area contributed by atoms with Crippen LogP contribution in [0, 0.1) is 0 Å². The molecule has 0 aliphatic heterocycles. The molecule has 0 saturated carbocycles. The third-order valence-electron chi connectivity index (χ3n) is 15.2. The Morgan fingerprint density at radius 2 is 0.757 bits per heavy atom. The Morgan fingerprint density at radius 3 is 1.41 bits per heavy atom. The van der Waals surface area contributed by atoms with Gasteiger partial charge in [0.2, 0.25) is 0 Å². The topological polar surface area (TPSA) is 23.0 Å². The number of hydrogen-bond acceptors (Lipinski definition) is 1. The summed E-state index contributed by atoms with van der Waals surface area (Å²) in [6.45, 7) is 0. The van der Waals surface area contributed by atoms with Gasteiger partial charge >= 0.3 is 0 Å². The minimum atomic E-state index is -0.466. The quantitative estimate of drug-likeness (QED) is 0.163. The normalized spacial score (nSPS) is 13.0. The molecule has 0 atom stereocenters. The third-order valence-corrected chi connectivity index (χ3v) is 15.2. The Bertz CT molecular complexity index is 4360. The number of para-hydroxylation sites is 3. The van der Waals surface area contributed by atoms with Crippen molar-refractivity contribution in [3.05, 3.63) is 277 Å². The molecule has 14 aromatic rings. The second-order valence-electron chi connectivity index (χ2n) is 18.8. The van der Waals surface area contributed by atoms with Crippen molar-refractivity contribution >= 4 is 65.6 Å². The fourth-order valence-electron chi connectivity index (χ4n) is 12.2. The summed E-state index contributed by atoms with van der Waals surface area (Å²) in [5, 5.41) is 7.14. The van der Waals surface area contributed by atoms with Crippen molar-refractivity contribution in [1.82, 2.24) is 9.13 Å². The molecule has 3 nitrogen and oxygen atoms in total. The monoisotopic (exact) mass is 890 g/mol. The highest BCUT2D eigenvalue weighted by Gasteiger charge is 2.46. The van der Waals surface area contributed by atoms with Gasteiger partial charge in [0.05, 0.1) is 27.5 Å². The number of fused-ring (bicyclic) bond motifs is 12. The summed E-state index contributed by atoms with van der Waals surface area (Å²) in [4.78, 5) is 0. The average molecular weight is 891 g/mol. The maximum Gasteiger partial charge on any atom is 0.135 e. The molecular weight excluding hydrogens is 849 g/mol. The molecule has 3 heterocycles. The molecule has 3 heteroatoms. The molecule has 0 bridgehead atoms. The van der Waals surface area contributed by atoms with Gasteiger partial charge in [-0.05, 0) is 134 Å². The van der Waals surface area contributed by atoms with Gasteiger partial charge in [-0.3, -0.25) is 0 Å². The van der Waals surface area contributed by atoms with Crippen LogP contribution in [0.4, 0.5) is 0 Å². The molecular formula is C67H42N2O. The van der Waals surface area contributed by atoms with Crippen LogP contribution in [0.1, 0.15) is 22.3 Å². The van der Waals surface area contributed by atoms with E-state index in [4.69, 9.17) is 4.42 Å². The molecule has 0 amide bonds. The van der Waals surface area contributed by atoms with Crippen LogP contribution in [0.15, 0.2) is 259 Å². The number of furan rings is 1. The number of benzene rings is 11. The van der Waals surface area contributed by atoms with Crippen LogP contribution < -0.4 is 0 Å². The fraction of sp³-hybridized carbons (Fsp3) is 0.0149. The first kappa shape index (κ1) is 38.9. The summed E-state index contributed by atoms with van der Waals surface area (Å²) in [5.41, 5.74) is 20.7. The zero-order valence-electron chi connectivity index (χ0n) is 38.1. The van der Waals surface area contributed by atoms with E-state index in [9.17, 15) is 0 Å². The molecule has 0 saturated heterocycles. The maximum atomic E-state index is 6.63. The fourth-order valence-corrected chi connectivity index (χ4v) is 12.2. The summed E-state index contributed by atoms with van der Waals surface area (Å²) in [7, 11) is 0. The van der Waals surface area contributed by atoms with E-state index >= 15 is 0 Å². The molecule has 11 aromatic carbocycles.